The van der Waals surface area contributed by atoms with Crippen LogP contribution in [-0.4, -0.2) is 66.7 Å². The first-order valence-corrected chi connectivity index (χ1v) is 13.7. The van der Waals surface area contributed by atoms with Crippen molar-refractivity contribution in [3.63, 3.8) is 0 Å². The Balaban J connectivity index is 1.15. The normalized spacial score (nSPS) is 17.2. The largest absolute Gasteiger partial charge is 0.369 e. The average molecular weight is 510 g/mol. The molecule has 3 aromatic carbocycles. The molecule has 6 rings (SSSR count). The summed E-state index contributed by atoms with van der Waals surface area (Å²) in [4.78, 5) is 10.0. The second-order valence-corrected chi connectivity index (χ2v) is 10.3. The summed E-state index contributed by atoms with van der Waals surface area (Å²) >= 11 is 0. The molecule has 0 amide bonds. The zero-order valence-electron chi connectivity index (χ0n) is 21.9. The Morgan fingerprint density at radius 1 is 0.447 bits per heavy atom. The molecule has 0 atom stereocenters. The van der Waals surface area contributed by atoms with Crippen molar-refractivity contribution in [1.82, 2.24) is 14.4 Å². The van der Waals surface area contributed by atoms with Crippen LogP contribution in [0, 0.1) is 5.82 Å². The molecule has 0 bridgehead atoms. The van der Waals surface area contributed by atoms with Gasteiger partial charge in [0.05, 0.1) is 0 Å². The van der Waals surface area contributed by atoms with Crippen LogP contribution in [0.15, 0.2) is 97.1 Å². The monoisotopic (exact) mass is 509 g/mol. The summed E-state index contributed by atoms with van der Waals surface area (Å²) in [5.74, 6) is -0.196. The van der Waals surface area contributed by atoms with Crippen molar-refractivity contribution in [3.05, 3.63) is 114 Å². The molecule has 196 valence electrons. The lowest BCUT2D eigenvalue weighted by molar-refractivity contribution is 0.239. The van der Waals surface area contributed by atoms with E-state index < -0.39 is 0 Å². The van der Waals surface area contributed by atoms with Crippen LogP contribution >= 0.6 is 0 Å². The summed E-state index contributed by atoms with van der Waals surface area (Å²) in [6, 6.07) is 32.9. The number of para-hydroxylation sites is 2. The second kappa shape index (κ2) is 11.4. The van der Waals surface area contributed by atoms with Gasteiger partial charge in [0.2, 0.25) is 0 Å². The highest BCUT2D eigenvalue weighted by molar-refractivity contribution is 5.47. The molecule has 2 saturated heterocycles. The number of nitrogens with zero attached hydrogens (tertiary/aromatic N) is 5. The molecular weight excluding hydrogens is 473 g/mol. The van der Waals surface area contributed by atoms with Crippen LogP contribution in [0.5, 0.6) is 0 Å². The number of hydrogen-bond acceptors (Lipinski definition) is 4. The van der Waals surface area contributed by atoms with Crippen LogP contribution in [0.3, 0.4) is 0 Å². The summed E-state index contributed by atoms with van der Waals surface area (Å²) in [6.07, 6.45) is 0. The zero-order chi connectivity index (χ0) is 25.7. The standard InChI is InChI=1S/C32H36FN5/c33-27-11-13-30(14-12-27)38-31(25-34-17-21-36(22-18-34)28-7-3-1-4-8-28)15-16-32(38)26-35-19-23-37(24-20-35)29-9-5-2-6-10-29/h1-16H,17-26H2. The molecule has 2 fully saturated rings. The number of anilines is 2. The van der Waals surface area contributed by atoms with Gasteiger partial charge in [0.1, 0.15) is 5.82 Å². The van der Waals surface area contributed by atoms with Crippen LogP contribution in [0.25, 0.3) is 5.69 Å². The van der Waals surface area contributed by atoms with Gasteiger partial charge in [-0.15, -0.1) is 0 Å². The fourth-order valence-corrected chi connectivity index (χ4v) is 5.76. The molecule has 0 radical (unpaired) electrons. The van der Waals surface area contributed by atoms with E-state index in [0.29, 0.717) is 0 Å². The molecule has 0 unspecified atom stereocenters. The van der Waals surface area contributed by atoms with Crippen molar-refractivity contribution in [1.29, 1.82) is 0 Å². The zero-order valence-corrected chi connectivity index (χ0v) is 21.9. The molecule has 38 heavy (non-hydrogen) atoms. The van der Waals surface area contributed by atoms with Crippen LogP contribution in [0.1, 0.15) is 11.4 Å². The topological polar surface area (TPSA) is 17.9 Å². The highest BCUT2D eigenvalue weighted by atomic mass is 19.1. The fraction of sp³-hybridized carbons (Fsp3) is 0.312. The molecule has 0 N–H and O–H groups in total. The number of piperazine rings is 2. The minimum absolute atomic E-state index is 0.196. The van der Waals surface area contributed by atoms with Gasteiger partial charge in [0.15, 0.2) is 0 Å². The quantitative estimate of drug-likeness (QED) is 0.338. The van der Waals surface area contributed by atoms with Crippen molar-refractivity contribution in [2.24, 2.45) is 0 Å². The summed E-state index contributed by atoms with van der Waals surface area (Å²) < 4.78 is 16.1. The lowest BCUT2D eigenvalue weighted by atomic mass is 10.2. The molecular formula is C32H36FN5. The predicted octanol–water partition coefficient (Wildman–Crippen LogP) is 5.26. The summed E-state index contributed by atoms with van der Waals surface area (Å²) in [5.41, 5.74) is 6.17. The molecule has 2 aliphatic rings. The molecule has 0 aliphatic carbocycles. The Morgan fingerprint density at radius 3 is 1.29 bits per heavy atom. The van der Waals surface area contributed by atoms with Crippen molar-refractivity contribution < 1.29 is 4.39 Å². The second-order valence-electron chi connectivity index (χ2n) is 10.3. The minimum atomic E-state index is -0.196. The van der Waals surface area contributed by atoms with Crippen molar-refractivity contribution in [3.8, 4) is 5.69 Å². The smallest absolute Gasteiger partial charge is 0.123 e. The molecule has 0 spiro atoms. The van der Waals surface area contributed by atoms with Gasteiger partial charge in [-0.2, -0.15) is 0 Å². The van der Waals surface area contributed by atoms with Gasteiger partial charge in [0.25, 0.3) is 0 Å². The number of benzene rings is 3. The molecule has 1 aromatic heterocycles. The lowest BCUT2D eigenvalue weighted by Gasteiger charge is -2.37. The fourth-order valence-electron chi connectivity index (χ4n) is 5.76. The Hall–Kier alpha value is -3.61. The van der Waals surface area contributed by atoms with E-state index in [1.807, 2.05) is 12.1 Å². The van der Waals surface area contributed by atoms with Crippen LogP contribution in [-0.2, 0) is 13.1 Å². The van der Waals surface area contributed by atoms with Crippen molar-refractivity contribution >= 4 is 11.4 Å². The van der Waals surface area contributed by atoms with Crippen LogP contribution in [0.2, 0.25) is 0 Å². The van der Waals surface area contributed by atoms with E-state index >= 15 is 0 Å². The summed E-state index contributed by atoms with van der Waals surface area (Å²) in [7, 11) is 0. The first-order valence-electron chi connectivity index (χ1n) is 13.7. The van der Waals surface area contributed by atoms with Gasteiger partial charge in [-0.05, 0) is 60.7 Å². The number of aromatic nitrogens is 1. The molecule has 2 aliphatic heterocycles. The van der Waals surface area contributed by atoms with Gasteiger partial charge < -0.3 is 14.4 Å². The van der Waals surface area contributed by atoms with E-state index in [1.165, 1.54) is 22.8 Å². The van der Waals surface area contributed by atoms with Crippen LogP contribution < -0.4 is 9.80 Å². The molecule has 3 heterocycles. The first kappa shape index (κ1) is 24.7. The maximum atomic E-state index is 13.8. The molecule has 4 aromatic rings. The highest BCUT2D eigenvalue weighted by Crippen LogP contribution is 2.24. The third-order valence-electron chi connectivity index (χ3n) is 7.89. The maximum Gasteiger partial charge on any atom is 0.123 e. The van der Waals surface area contributed by atoms with E-state index in [0.717, 1.165) is 71.1 Å². The maximum absolute atomic E-state index is 13.8. The van der Waals surface area contributed by atoms with Gasteiger partial charge in [-0.25, -0.2) is 4.39 Å². The molecule has 5 nitrogen and oxygen atoms in total. The number of hydrogen-bond donors (Lipinski definition) is 0. The van der Waals surface area contributed by atoms with Gasteiger partial charge in [-0.3, -0.25) is 9.80 Å². The predicted molar refractivity (Wildman–Crippen MR) is 154 cm³/mol. The Bertz CT molecular complexity index is 1210. The van der Waals surface area contributed by atoms with Gasteiger partial charge in [0, 0.05) is 93.9 Å². The highest BCUT2D eigenvalue weighted by Gasteiger charge is 2.22. The summed E-state index contributed by atoms with van der Waals surface area (Å²) in [5, 5.41) is 0. The number of halogens is 1. The third kappa shape index (κ3) is 5.62. The van der Waals surface area contributed by atoms with Gasteiger partial charge >= 0.3 is 0 Å². The Morgan fingerprint density at radius 2 is 0.868 bits per heavy atom. The van der Waals surface area contributed by atoms with Crippen LogP contribution in [0.4, 0.5) is 15.8 Å². The minimum Gasteiger partial charge on any atom is -0.369 e. The Kier molecular flexibility index (Phi) is 7.42. The van der Waals surface area contributed by atoms with E-state index in [1.54, 1.807) is 12.1 Å². The molecule has 0 saturated carbocycles. The number of rotatable bonds is 7. The SMILES string of the molecule is Fc1ccc(-n2c(CN3CCN(c4ccccc4)CC3)ccc2CN2CCN(c3ccccc3)CC2)cc1. The van der Waals surface area contributed by atoms with E-state index in [2.05, 4.69) is 97.0 Å². The lowest BCUT2D eigenvalue weighted by Crippen LogP contribution is -2.46. The van der Waals surface area contributed by atoms with Crippen molar-refractivity contribution in [2.45, 2.75) is 13.1 Å². The van der Waals surface area contributed by atoms with Gasteiger partial charge in [-0.1, -0.05) is 36.4 Å². The first-order chi connectivity index (χ1) is 18.7. The Labute approximate surface area is 225 Å². The molecule has 6 heteroatoms. The van der Waals surface area contributed by atoms with Crippen molar-refractivity contribution in [2.75, 3.05) is 62.2 Å². The third-order valence-corrected chi connectivity index (χ3v) is 7.89. The van der Waals surface area contributed by atoms with E-state index in [9.17, 15) is 4.39 Å². The van der Waals surface area contributed by atoms with E-state index in [4.69, 9.17) is 0 Å². The average Bonchev–Trinajstić information content (AvgIpc) is 3.36. The van der Waals surface area contributed by atoms with E-state index in [-0.39, 0.29) is 5.82 Å². The summed E-state index contributed by atoms with van der Waals surface area (Å²) in [6.45, 7) is 10.0.